The molecule has 0 amide bonds. The van der Waals surface area contributed by atoms with Crippen LogP contribution in [0.15, 0.2) is 34.3 Å². The van der Waals surface area contributed by atoms with Gasteiger partial charge < -0.3 is 0 Å². The maximum absolute atomic E-state index is 6.01. The van der Waals surface area contributed by atoms with Gasteiger partial charge in [0.15, 0.2) is 0 Å². The molecule has 0 bridgehead atoms. The van der Waals surface area contributed by atoms with E-state index in [0.29, 0.717) is 6.04 Å². The van der Waals surface area contributed by atoms with Crippen molar-refractivity contribution >= 4 is 23.0 Å². The summed E-state index contributed by atoms with van der Waals surface area (Å²) in [4.78, 5) is 9.71. The highest BCUT2D eigenvalue weighted by atomic mass is 35.5. The summed E-state index contributed by atoms with van der Waals surface area (Å²) in [7, 11) is 0. The fourth-order valence-corrected chi connectivity index (χ4v) is 3.36. The van der Waals surface area contributed by atoms with Crippen LogP contribution in [0, 0.1) is 0 Å². The van der Waals surface area contributed by atoms with Crippen molar-refractivity contribution in [1.29, 1.82) is 0 Å². The molecule has 0 atom stereocenters. The molecule has 1 aromatic carbocycles. The molecular formula is C18H23ClN2. The Labute approximate surface area is 132 Å². The molecule has 112 valence electrons. The summed E-state index contributed by atoms with van der Waals surface area (Å²) in [5, 5.41) is 0.786. The molecule has 0 radical (unpaired) electrons. The lowest BCUT2D eigenvalue weighted by atomic mass is 9.95. The lowest BCUT2D eigenvalue weighted by Crippen LogP contribution is -2.16. The highest BCUT2D eigenvalue weighted by Crippen LogP contribution is 2.23. The SMILES string of the molecule is Clc1ccc(C(CC2=NCCC2)=NC2CCCCC2)cc1. The second-order valence-corrected chi connectivity index (χ2v) is 6.54. The standard InChI is InChI=1S/C18H23ClN2/c19-15-10-8-14(9-11-15)18(13-17-7-4-12-20-17)21-16-5-2-1-3-6-16/h8-11,16H,1-7,12-13H2. The van der Waals surface area contributed by atoms with Crippen LogP contribution in [0.1, 0.15) is 56.9 Å². The lowest BCUT2D eigenvalue weighted by molar-refractivity contribution is 0.443. The first-order chi connectivity index (χ1) is 10.3. The molecule has 2 nitrogen and oxygen atoms in total. The van der Waals surface area contributed by atoms with E-state index < -0.39 is 0 Å². The van der Waals surface area contributed by atoms with E-state index in [-0.39, 0.29) is 0 Å². The third-order valence-electron chi connectivity index (χ3n) is 4.42. The van der Waals surface area contributed by atoms with Crippen LogP contribution < -0.4 is 0 Å². The highest BCUT2D eigenvalue weighted by molar-refractivity contribution is 6.30. The largest absolute Gasteiger partial charge is 0.294 e. The van der Waals surface area contributed by atoms with Gasteiger partial charge >= 0.3 is 0 Å². The van der Waals surface area contributed by atoms with Crippen LogP contribution in [0.25, 0.3) is 0 Å². The Morgan fingerprint density at radius 1 is 1.10 bits per heavy atom. The van der Waals surface area contributed by atoms with Gasteiger partial charge in [-0.3, -0.25) is 9.98 Å². The zero-order valence-electron chi connectivity index (χ0n) is 12.5. The number of hydrogen-bond acceptors (Lipinski definition) is 2. The van der Waals surface area contributed by atoms with Gasteiger partial charge in [0.2, 0.25) is 0 Å². The van der Waals surface area contributed by atoms with Crippen molar-refractivity contribution in [3.05, 3.63) is 34.9 Å². The first-order valence-corrected chi connectivity index (χ1v) is 8.54. The van der Waals surface area contributed by atoms with Crippen LogP contribution in [0.2, 0.25) is 5.02 Å². The Kier molecular flexibility index (Phi) is 5.08. The maximum Gasteiger partial charge on any atom is 0.0503 e. The molecule has 0 N–H and O–H groups in total. The van der Waals surface area contributed by atoms with Gasteiger partial charge in [0.05, 0.1) is 6.04 Å². The fraction of sp³-hybridized carbons (Fsp3) is 0.556. The highest BCUT2D eigenvalue weighted by Gasteiger charge is 2.16. The molecule has 1 aromatic rings. The third kappa shape index (κ3) is 4.16. The molecule has 3 rings (SSSR count). The van der Waals surface area contributed by atoms with Gasteiger partial charge in [-0.25, -0.2) is 0 Å². The van der Waals surface area contributed by atoms with E-state index in [9.17, 15) is 0 Å². The number of hydrogen-bond donors (Lipinski definition) is 0. The molecule has 21 heavy (non-hydrogen) atoms. The molecule has 1 saturated carbocycles. The van der Waals surface area contributed by atoms with Gasteiger partial charge in [-0.05, 0) is 43.4 Å². The molecule has 1 aliphatic heterocycles. The van der Waals surface area contributed by atoms with Crippen LogP contribution in [0.3, 0.4) is 0 Å². The monoisotopic (exact) mass is 302 g/mol. The average Bonchev–Trinajstić information content (AvgIpc) is 3.01. The minimum Gasteiger partial charge on any atom is -0.294 e. The van der Waals surface area contributed by atoms with Crippen molar-refractivity contribution in [2.24, 2.45) is 9.98 Å². The van der Waals surface area contributed by atoms with E-state index in [2.05, 4.69) is 17.1 Å². The summed E-state index contributed by atoms with van der Waals surface area (Å²) in [6.45, 7) is 0.993. The predicted molar refractivity (Wildman–Crippen MR) is 91.0 cm³/mol. The number of nitrogens with zero attached hydrogens (tertiary/aromatic N) is 2. The average molecular weight is 303 g/mol. The molecule has 1 fully saturated rings. The van der Waals surface area contributed by atoms with Crippen molar-refractivity contribution in [2.75, 3.05) is 6.54 Å². The molecule has 3 heteroatoms. The Hall–Kier alpha value is -1.15. The lowest BCUT2D eigenvalue weighted by Gasteiger charge is -2.19. The third-order valence-corrected chi connectivity index (χ3v) is 4.67. The van der Waals surface area contributed by atoms with Crippen LogP contribution in [-0.2, 0) is 0 Å². The van der Waals surface area contributed by atoms with Crippen LogP contribution in [-0.4, -0.2) is 24.0 Å². The Bertz CT molecular complexity index is 525. The van der Waals surface area contributed by atoms with E-state index in [0.717, 1.165) is 24.4 Å². The summed E-state index contributed by atoms with van der Waals surface area (Å²) in [6, 6.07) is 8.62. The molecule has 1 aliphatic carbocycles. The smallest absolute Gasteiger partial charge is 0.0503 e. The van der Waals surface area contributed by atoms with Crippen LogP contribution in [0.4, 0.5) is 0 Å². The van der Waals surface area contributed by atoms with Crippen LogP contribution in [0.5, 0.6) is 0 Å². The van der Waals surface area contributed by atoms with E-state index in [1.54, 1.807) is 0 Å². The predicted octanol–water partition coefficient (Wildman–Crippen LogP) is 5.09. The van der Waals surface area contributed by atoms with Gasteiger partial charge in [0, 0.05) is 29.4 Å². The summed E-state index contributed by atoms with van der Waals surface area (Å²) in [6.07, 6.45) is 9.75. The molecule has 2 aliphatic rings. The van der Waals surface area contributed by atoms with Crippen LogP contribution >= 0.6 is 11.6 Å². The maximum atomic E-state index is 6.01. The quantitative estimate of drug-likeness (QED) is 0.692. The summed E-state index contributed by atoms with van der Waals surface area (Å²) in [5.74, 6) is 0. The Morgan fingerprint density at radius 2 is 1.86 bits per heavy atom. The van der Waals surface area contributed by atoms with E-state index in [1.165, 1.54) is 55.5 Å². The summed E-state index contributed by atoms with van der Waals surface area (Å²) >= 11 is 6.01. The summed E-state index contributed by atoms with van der Waals surface area (Å²) < 4.78 is 0. The molecular weight excluding hydrogens is 280 g/mol. The summed E-state index contributed by atoms with van der Waals surface area (Å²) in [5.41, 5.74) is 3.73. The minimum atomic E-state index is 0.506. The number of aliphatic imine (C=N–C) groups is 2. The van der Waals surface area contributed by atoms with E-state index in [1.807, 2.05) is 12.1 Å². The zero-order chi connectivity index (χ0) is 14.5. The van der Waals surface area contributed by atoms with Crippen molar-refractivity contribution in [1.82, 2.24) is 0 Å². The van der Waals surface area contributed by atoms with Gasteiger partial charge in [-0.2, -0.15) is 0 Å². The molecule has 1 heterocycles. The zero-order valence-corrected chi connectivity index (χ0v) is 13.3. The van der Waals surface area contributed by atoms with Gasteiger partial charge in [-0.1, -0.05) is 43.0 Å². The molecule has 0 spiro atoms. The molecule has 0 saturated heterocycles. The number of rotatable bonds is 4. The van der Waals surface area contributed by atoms with Crippen molar-refractivity contribution in [2.45, 2.75) is 57.4 Å². The second kappa shape index (κ2) is 7.22. The normalized spacial score (nSPS) is 20.6. The number of benzene rings is 1. The first kappa shape index (κ1) is 14.8. The van der Waals surface area contributed by atoms with E-state index in [4.69, 9.17) is 16.6 Å². The van der Waals surface area contributed by atoms with Gasteiger partial charge in [-0.15, -0.1) is 0 Å². The van der Waals surface area contributed by atoms with E-state index >= 15 is 0 Å². The van der Waals surface area contributed by atoms with Gasteiger partial charge in [0.1, 0.15) is 0 Å². The second-order valence-electron chi connectivity index (χ2n) is 6.10. The fourth-order valence-electron chi connectivity index (χ4n) is 3.23. The topological polar surface area (TPSA) is 24.7 Å². The van der Waals surface area contributed by atoms with Crippen molar-refractivity contribution in [3.8, 4) is 0 Å². The van der Waals surface area contributed by atoms with Gasteiger partial charge in [0.25, 0.3) is 0 Å². The molecule has 0 unspecified atom stereocenters. The Balaban J connectivity index is 1.82. The van der Waals surface area contributed by atoms with Crippen molar-refractivity contribution in [3.63, 3.8) is 0 Å². The minimum absolute atomic E-state index is 0.506. The molecule has 0 aromatic heterocycles. The van der Waals surface area contributed by atoms with Crippen molar-refractivity contribution < 1.29 is 0 Å². The first-order valence-electron chi connectivity index (χ1n) is 8.16. The number of halogens is 1. The Morgan fingerprint density at radius 3 is 2.52 bits per heavy atom.